The highest BCUT2D eigenvalue weighted by molar-refractivity contribution is 7.99. The van der Waals surface area contributed by atoms with Gasteiger partial charge in [-0.3, -0.25) is 0 Å². The summed E-state index contributed by atoms with van der Waals surface area (Å²) in [5.74, 6) is 2.85. The molecule has 2 fully saturated rings. The Morgan fingerprint density at radius 1 is 1.45 bits per heavy atom. The van der Waals surface area contributed by atoms with Gasteiger partial charge in [0.05, 0.1) is 0 Å². The second-order valence-corrected chi connectivity index (χ2v) is 5.03. The highest BCUT2D eigenvalue weighted by atomic mass is 32.2. The molecule has 0 aromatic rings. The Balaban J connectivity index is 1.96. The van der Waals surface area contributed by atoms with Crippen molar-refractivity contribution in [1.82, 2.24) is 4.90 Å². The summed E-state index contributed by atoms with van der Waals surface area (Å²) in [4.78, 5) is 2.60. The molecule has 2 rings (SSSR count). The number of thioether (sulfide) groups is 1. The Bertz CT molecular complexity index is 140. The van der Waals surface area contributed by atoms with Crippen LogP contribution in [0.15, 0.2) is 0 Å². The Morgan fingerprint density at radius 3 is 2.91 bits per heavy atom. The Labute approximate surface area is 73.5 Å². The summed E-state index contributed by atoms with van der Waals surface area (Å²) in [5, 5.41) is 0. The number of likely N-dealkylation sites (tertiary alicyclic amines) is 1. The van der Waals surface area contributed by atoms with E-state index in [1.165, 1.54) is 44.0 Å². The van der Waals surface area contributed by atoms with Crippen LogP contribution in [0.3, 0.4) is 0 Å². The van der Waals surface area contributed by atoms with E-state index < -0.39 is 0 Å². The van der Waals surface area contributed by atoms with Crippen molar-refractivity contribution >= 4 is 11.8 Å². The summed E-state index contributed by atoms with van der Waals surface area (Å²) >= 11 is 2.16. The molecule has 0 radical (unpaired) electrons. The summed E-state index contributed by atoms with van der Waals surface area (Å²) < 4.78 is 0. The molecule has 0 N–H and O–H groups in total. The van der Waals surface area contributed by atoms with Gasteiger partial charge in [0, 0.05) is 12.3 Å². The smallest absolute Gasteiger partial charge is 0.00465 e. The van der Waals surface area contributed by atoms with Crippen LogP contribution in [0.5, 0.6) is 0 Å². The third kappa shape index (κ3) is 1.43. The summed E-state index contributed by atoms with van der Waals surface area (Å²) in [7, 11) is 0. The van der Waals surface area contributed by atoms with Crippen LogP contribution in [0, 0.1) is 5.41 Å². The van der Waals surface area contributed by atoms with Crippen molar-refractivity contribution in [3.05, 3.63) is 0 Å². The predicted molar refractivity (Wildman–Crippen MR) is 51.1 cm³/mol. The molecule has 1 nitrogen and oxygen atoms in total. The molecule has 2 heterocycles. The minimum atomic E-state index is 0.751. The summed E-state index contributed by atoms with van der Waals surface area (Å²) in [6, 6.07) is 0. The standard InChI is InChI=1S/C9H17NS/c1-2-10-5-3-9(7-10)4-6-11-8-9/h2-8H2,1H3. The average molecular weight is 171 g/mol. The van der Waals surface area contributed by atoms with Gasteiger partial charge >= 0.3 is 0 Å². The zero-order chi connectivity index (χ0) is 7.73. The molecule has 2 aliphatic heterocycles. The van der Waals surface area contributed by atoms with Crippen molar-refractivity contribution in [2.24, 2.45) is 5.41 Å². The van der Waals surface area contributed by atoms with Gasteiger partial charge in [0.2, 0.25) is 0 Å². The van der Waals surface area contributed by atoms with Crippen molar-refractivity contribution in [2.75, 3.05) is 31.1 Å². The fourth-order valence-corrected chi connectivity index (χ4v) is 3.80. The number of rotatable bonds is 1. The normalized spacial score (nSPS) is 39.0. The van der Waals surface area contributed by atoms with Crippen LogP contribution in [-0.4, -0.2) is 36.0 Å². The SMILES string of the molecule is CCN1CCC2(CCSC2)C1. The van der Waals surface area contributed by atoms with Crippen molar-refractivity contribution in [3.8, 4) is 0 Å². The highest BCUT2D eigenvalue weighted by Gasteiger charge is 2.39. The van der Waals surface area contributed by atoms with Crippen LogP contribution in [0.2, 0.25) is 0 Å². The van der Waals surface area contributed by atoms with E-state index in [1.807, 2.05) is 0 Å². The quantitative estimate of drug-likeness (QED) is 0.592. The number of nitrogens with zero attached hydrogens (tertiary/aromatic N) is 1. The fraction of sp³-hybridized carbons (Fsp3) is 1.00. The molecular weight excluding hydrogens is 154 g/mol. The molecule has 1 unspecified atom stereocenters. The molecule has 0 amide bonds. The molecule has 0 aromatic carbocycles. The van der Waals surface area contributed by atoms with Gasteiger partial charge in [-0.1, -0.05) is 6.92 Å². The maximum absolute atomic E-state index is 2.60. The van der Waals surface area contributed by atoms with E-state index in [1.54, 1.807) is 0 Å². The third-order valence-corrected chi connectivity index (χ3v) is 4.46. The molecule has 1 atom stereocenters. The van der Waals surface area contributed by atoms with Crippen molar-refractivity contribution in [3.63, 3.8) is 0 Å². The first-order valence-corrected chi connectivity index (χ1v) is 5.80. The minimum absolute atomic E-state index is 0.751. The Hall–Kier alpha value is 0.310. The molecule has 0 saturated carbocycles. The highest BCUT2D eigenvalue weighted by Crippen LogP contribution is 2.42. The molecule has 2 heteroatoms. The van der Waals surface area contributed by atoms with Gasteiger partial charge in [0.1, 0.15) is 0 Å². The number of hydrogen-bond acceptors (Lipinski definition) is 2. The van der Waals surface area contributed by atoms with Crippen LogP contribution in [-0.2, 0) is 0 Å². The predicted octanol–water partition coefficient (Wildman–Crippen LogP) is 1.84. The van der Waals surface area contributed by atoms with Gasteiger partial charge in [0.25, 0.3) is 0 Å². The molecule has 1 spiro atoms. The molecular formula is C9H17NS. The van der Waals surface area contributed by atoms with Crippen molar-refractivity contribution < 1.29 is 0 Å². The van der Waals surface area contributed by atoms with Crippen LogP contribution < -0.4 is 0 Å². The molecule has 2 saturated heterocycles. The van der Waals surface area contributed by atoms with E-state index in [-0.39, 0.29) is 0 Å². The zero-order valence-corrected chi connectivity index (χ0v) is 8.12. The van der Waals surface area contributed by atoms with Crippen LogP contribution in [0.1, 0.15) is 19.8 Å². The third-order valence-electron chi connectivity index (χ3n) is 3.15. The monoisotopic (exact) mass is 171 g/mol. The van der Waals surface area contributed by atoms with Crippen molar-refractivity contribution in [2.45, 2.75) is 19.8 Å². The molecule has 0 aliphatic carbocycles. The average Bonchev–Trinajstić information content (AvgIpc) is 2.62. The first-order valence-electron chi connectivity index (χ1n) is 4.65. The van der Waals surface area contributed by atoms with Crippen LogP contribution in [0.25, 0.3) is 0 Å². The summed E-state index contributed by atoms with van der Waals surface area (Å²) in [5.41, 5.74) is 0.751. The Morgan fingerprint density at radius 2 is 2.36 bits per heavy atom. The van der Waals surface area contributed by atoms with E-state index in [4.69, 9.17) is 0 Å². The maximum atomic E-state index is 2.60. The molecule has 2 aliphatic rings. The van der Waals surface area contributed by atoms with Gasteiger partial charge in [-0.05, 0) is 37.1 Å². The summed E-state index contributed by atoms with van der Waals surface area (Å²) in [6.07, 6.45) is 2.95. The van der Waals surface area contributed by atoms with Crippen molar-refractivity contribution in [1.29, 1.82) is 0 Å². The van der Waals surface area contributed by atoms with Gasteiger partial charge in [-0.2, -0.15) is 11.8 Å². The van der Waals surface area contributed by atoms with E-state index >= 15 is 0 Å². The van der Waals surface area contributed by atoms with Gasteiger partial charge < -0.3 is 4.90 Å². The lowest BCUT2D eigenvalue weighted by Crippen LogP contribution is -2.26. The lowest BCUT2D eigenvalue weighted by Gasteiger charge is -2.21. The first kappa shape index (κ1) is 7.93. The first-order chi connectivity index (χ1) is 5.35. The number of hydrogen-bond donors (Lipinski definition) is 0. The lowest BCUT2D eigenvalue weighted by atomic mass is 9.87. The molecule has 0 aromatic heterocycles. The minimum Gasteiger partial charge on any atom is -0.303 e. The van der Waals surface area contributed by atoms with E-state index in [0.29, 0.717) is 0 Å². The Kier molecular flexibility index (Phi) is 2.15. The fourth-order valence-electron chi connectivity index (χ4n) is 2.27. The topological polar surface area (TPSA) is 3.24 Å². The molecule has 64 valence electrons. The van der Waals surface area contributed by atoms with Gasteiger partial charge in [-0.25, -0.2) is 0 Å². The van der Waals surface area contributed by atoms with E-state index in [0.717, 1.165) is 5.41 Å². The summed E-state index contributed by atoms with van der Waals surface area (Å²) in [6.45, 7) is 6.28. The maximum Gasteiger partial charge on any atom is 0.00465 e. The second-order valence-electron chi connectivity index (χ2n) is 3.92. The van der Waals surface area contributed by atoms with Gasteiger partial charge in [-0.15, -0.1) is 0 Å². The largest absolute Gasteiger partial charge is 0.303 e. The van der Waals surface area contributed by atoms with E-state index in [2.05, 4.69) is 23.6 Å². The second kappa shape index (κ2) is 2.98. The molecule has 0 bridgehead atoms. The molecule has 11 heavy (non-hydrogen) atoms. The van der Waals surface area contributed by atoms with Crippen LogP contribution in [0.4, 0.5) is 0 Å². The van der Waals surface area contributed by atoms with E-state index in [9.17, 15) is 0 Å². The lowest BCUT2D eigenvalue weighted by molar-refractivity contribution is 0.291. The van der Waals surface area contributed by atoms with Crippen LogP contribution >= 0.6 is 11.8 Å². The van der Waals surface area contributed by atoms with Gasteiger partial charge in [0.15, 0.2) is 0 Å². The zero-order valence-electron chi connectivity index (χ0n) is 7.31.